The SMILES string of the molecule is O=C(CCCCCCC(=O)ON1C(=O)CCC1=O)NCCN(CCNC(=O)CCCCCCC(=O)ON1C(=O)CCC1=O)CCNC(=O)CCCCC1SCC2NC(=O)NC21. The summed E-state index contributed by atoms with van der Waals surface area (Å²) in [6.07, 6.45) is 8.90. The zero-order valence-electron chi connectivity index (χ0n) is 35.0. The zero-order chi connectivity index (χ0) is 44.0. The Morgan fingerprint density at radius 1 is 0.557 bits per heavy atom. The number of fused-ring (bicyclic) bond motifs is 1. The Labute approximate surface area is 360 Å². The summed E-state index contributed by atoms with van der Waals surface area (Å²) in [6.45, 7) is 2.65. The molecule has 3 atom stereocenters. The molecule has 61 heavy (non-hydrogen) atoms. The average Bonchev–Trinajstić information content (AvgIpc) is 3.96. The van der Waals surface area contributed by atoms with Gasteiger partial charge in [0.25, 0.3) is 23.6 Å². The highest BCUT2D eigenvalue weighted by atomic mass is 32.2. The fourth-order valence-electron chi connectivity index (χ4n) is 7.36. The minimum Gasteiger partial charge on any atom is -0.355 e. The molecule has 4 rings (SSSR count). The maximum Gasteiger partial charge on any atom is 0.333 e. The monoisotopic (exact) mass is 878 g/mol. The standard InChI is InChI=1S/C40H62N8O12S/c49-30(12-5-1-3-7-15-37(56)59-47-33(52)17-18-34(47)53)41-21-24-46(26-23-43-32(51)14-10-9-11-29-39-28(27-61-29)44-40(58)45-39)25-22-42-31(50)13-6-2-4-8-16-38(57)60-48-35(54)19-20-36(48)55/h28-29,39H,1-27H2,(H,41,49)(H,42,50)(H,43,51)(H2,44,45,58). The summed E-state index contributed by atoms with van der Waals surface area (Å²) in [5.41, 5.74) is 0. The lowest BCUT2D eigenvalue weighted by Crippen LogP contribution is -2.43. The highest BCUT2D eigenvalue weighted by Gasteiger charge is 2.42. The van der Waals surface area contributed by atoms with Crippen molar-refractivity contribution >= 4 is 71.1 Å². The molecule has 0 aromatic rings. The third kappa shape index (κ3) is 18.0. The number of carbonyl (C=O) groups is 10. The second kappa shape index (κ2) is 26.5. The number of nitrogens with one attached hydrogen (secondary N) is 5. The molecule has 340 valence electrons. The largest absolute Gasteiger partial charge is 0.355 e. The van der Waals surface area contributed by atoms with Crippen LogP contribution in [-0.2, 0) is 52.8 Å². The molecule has 21 heteroatoms. The molecule has 4 fully saturated rings. The van der Waals surface area contributed by atoms with Crippen molar-refractivity contribution in [3.8, 4) is 0 Å². The molecule has 0 radical (unpaired) electrons. The summed E-state index contributed by atoms with van der Waals surface area (Å²) in [4.78, 5) is 131. The molecule has 4 saturated heterocycles. The molecule has 0 saturated carbocycles. The highest BCUT2D eigenvalue weighted by molar-refractivity contribution is 8.00. The van der Waals surface area contributed by atoms with Gasteiger partial charge in [0.1, 0.15) is 0 Å². The van der Waals surface area contributed by atoms with E-state index in [-0.39, 0.29) is 74.4 Å². The molecular formula is C40H62N8O12S. The maximum absolute atomic E-state index is 12.6. The van der Waals surface area contributed by atoms with E-state index in [0.29, 0.717) is 125 Å². The van der Waals surface area contributed by atoms with Crippen LogP contribution in [0.5, 0.6) is 0 Å². The van der Waals surface area contributed by atoms with Gasteiger partial charge in [-0.2, -0.15) is 11.8 Å². The van der Waals surface area contributed by atoms with Gasteiger partial charge in [0, 0.05) is 108 Å². The summed E-state index contributed by atoms with van der Waals surface area (Å²) in [5, 5.41) is 16.2. The Bertz CT molecular complexity index is 1470. The molecule has 0 aromatic heterocycles. The van der Waals surface area contributed by atoms with Crippen molar-refractivity contribution in [1.29, 1.82) is 0 Å². The zero-order valence-corrected chi connectivity index (χ0v) is 35.8. The van der Waals surface area contributed by atoms with E-state index in [9.17, 15) is 47.9 Å². The quantitative estimate of drug-likeness (QED) is 0.0387. The van der Waals surface area contributed by atoms with E-state index in [1.165, 1.54) is 0 Å². The van der Waals surface area contributed by atoms with Gasteiger partial charge in [0.15, 0.2) is 0 Å². The number of unbranched alkanes of at least 4 members (excludes halogenated alkanes) is 7. The Balaban J connectivity index is 1.07. The van der Waals surface area contributed by atoms with Crippen LogP contribution in [0, 0.1) is 0 Å². The van der Waals surface area contributed by atoms with Gasteiger partial charge in [-0.3, -0.25) is 38.5 Å². The summed E-state index contributed by atoms with van der Waals surface area (Å²) >= 11 is 1.85. The van der Waals surface area contributed by atoms with E-state index < -0.39 is 35.6 Å². The minimum absolute atomic E-state index is 0.0407. The van der Waals surface area contributed by atoms with Crippen LogP contribution in [0.25, 0.3) is 0 Å². The van der Waals surface area contributed by atoms with Crippen molar-refractivity contribution < 1.29 is 57.6 Å². The number of carbonyl (C=O) groups excluding carboxylic acids is 10. The number of rotatable bonds is 30. The number of hydrogen-bond acceptors (Lipinski definition) is 14. The molecule has 4 aliphatic rings. The Morgan fingerprint density at radius 2 is 0.951 bits per heavy atom. The lowest BCUT2D eigenvalue weighted by atomic mass is 10.0. The topological polar surface area (TPSA) is 259 Å². The first-order valence-corrected chi connectivity index (χ1v) is 22.8. The van der Waals surface area contributed by atoms with Gasteiger partial charge in [-0.25, -0.2) is 14.4 Å². The van der Waals surface area contributed by atoms with Crippen molar-refractivity contribution in [2.24, 2.45) is 0 Å². The number of thioether (sulfide) groups is 1. The molecular weight excluding hydrogens is 817 g/mol. The maximum atomic E-state index is 12.6. The summed E-state index contributed by atoms with van der Waals surface area (Å²) in [5.74, 6) is -2.72. The molecule has 3 unspecified atom stereocenters. The van der Waals surface area contributed by atoms with Crippen molar-refractivity contribution in [2.45, 2.75) is 146 Å². The summed E-state index contributed by atoms with van der Waals surface area (Å²) < 4.78 is 0. The van der Waals surface area contributed by atoms with Gasteiger partial charge >= 0.3 is 18.0 Å². The molecule has 0 bridgehead atoms. The van der Waals surface area contributed by atoms with E-state index in [2.05, 4.69) is 31.5 Å². The van der Waals surface area contributed by atoms with E-state index in [0.717, 1.165) is 25.0 Å². The smallest absolute Gasteiger partial charge is 0.333 e. The molecule has 4 aliphatic heterocycles. The van der Waals surface area contributed by atoms with Gasteiger partial charge < -0.3 is 36.3 Å². The van der Waals surface area contributed by atoms with Crippen LogP contribution in [0.1, 0.15) is 128 Å². The third-order valence-electron chi connectivity index (χ3n) is 10.8. The van der Waals surface area contributed by atoms with Crippen molar-refractivity contribution in [3.63, 3.8) is 0 Å². The average molecular weight is 879 g/mol. The van der Waals surface area contributed by atoms with E-state index in [4.69, 9.17) is 9.68 Å². The van der Waals surface area contributed by atoms with Crippen LogP contribution < -0.4 is 26.6 Å². The second-order valence-corrected chi connectivity index (χ2v) is 17.0. The molecule has 0 aromatic carbocycles. The lowest BCUT2D eigenvalue weighted by Gasteiger charge is -2.23. The van der Waals surface area contributed by atoms with E-state index >= 15 is 0 Å². The first-order valence-electron chi connectivity index (χ1n) is 21.7. The first kappa shape index (κ1) is 48.9. The predicted molar refractivity (Wildman–Crippen MR) is 219 cm³/mol. The van der Waals surface area contributed by atoms with Crippen LogP contribution in [-0.4, -0.2) is 137 Å². The van der Waals surface area contributed by atoms with E-state index in [1.54, 1.807) is 0 Å². The fourth-order valence-corrected chi connectivity index (χ4v) is 8.91. The number of urea groups is 1. The van der Waals surface area contributed by atoms with Crippen LogP contribution in [0.15, 0.2) is 0 Å². The van der Waals surface area contributed by atoms with Crippen LogP contribution >= 0.6 is 11.8 Å². The predicted octanol–water partition coefficient (Wildman–Crippen LogP) is 1.26. The molecule has 0 spiro atoms. The molecule has 4 heterocycles. The number of hydrogen-bond donors (Lipinski definition) is 5. The first-order chi connectivity index (χ1) is 29.4. The molecule has 9 amide bonds. The van der Waals surface area contributed by atoms with E-state index in [1.807, 2.05) is 11.8 Å². The normalized spacial score (nSPS) is 19.6. The fraction of sp³-hybridized carbons (Fsp3) is 0.750. The van der Waals surface area contributed by atoms with Crippen molar-refractivity contribution in [3.05, 3.63) is 0 Å². The van der Waals surface area contributed by atoms with Crippen molar-refractivity contribution in [1.82, 2.24) is 41.6 Å². The van der Waals surface area contributed by atoms with Crippen LogP contribution in [0.4, 0.5) is 4.79 Å². The number of nitrogens with zero attached hydrogens (tertiary/aromatic N) is 3. The van der Waals surface area contributed by atoms with Gasteiger partial charge in [-0.1, -0.05) is 32.1 Å². The summed E-state index contributed by atoms with van der Waals surface area (Å²) in [7, 11) is 0. The lowest BCUT2D eigenvalue weighted by molar-refractivity contribution is -0.197. The van der Waals surface area contributed by atoms with Gasteiger partial charge in [0.05, 0.1) is 12.1 Å². The molecule has 0 aliphatic carbocycles. The van der Waals surface area contributed by atoms with Crippen molar-refractivity contribution in [2.75, 3.05) is 45.0 Å². The second-order valence-electron chi connectivity index (χ2n) is 15.7. The Morgan fingerprint density at radius 3 is 1.38 bits per heavy atom. The Hall–Kier alpha value is -4.79. The van der Waals surface area contributed by atoms with Gasteiger partial charge in [-0.05, 0) is 38.5 Å². The molecule has 5 N–H and O–H groups in total. The van der Waals surface area contributed by atoms with Crippen LogP contribution in [0.2, 0.25) is 0 Å². The van der Waals surface area contributed by atoms with Gasteiger partial charge in [-0.15, -0.1) is 10.1 Å². The third-order valence-corrected chi connectivity index (χ3v) is 12.3. The molecule has 20 nitrogen and oxygen atoms in total. The highest BCUT2D eigenvalue weighted by Crippen LogP contribution is 2.33. The number of amides is 9. The number of hydroxylamine groups is 4. The Kier molecular flexibility index (Phi) is 21.3. The summed E-state index contributed by atoms with van der Waals surface area (Å²) in [6, 6.07) is 0.210. The van der Waals surface area contributed by atoms with Gasteiger partial charge in [0.2, 0.25) is 17.7 Å². The number of imide groups is 2. The van der Waals surface area contributed by atoms with Crippen LogP contribution in [0.3, 0.4) is 0 Å². The minimum atomic E-state index is -0.638.